The molecule has 1 unspecified atom stereocenters. The molecule has 0 fully saturated rings. The van der Waals surface area contributed by atoms with Gasteiger partial charge in [-0.3, -0.25) is 4.68 Å². The van der Waals surface area contributed by atoms with Gasteiger partial charge in [0.25, 0.3) is 0 Å². The molecule has 3 nitrogen and oxygen atoms in total. The van der Waals surface area contributed by atoms with Crippen molar-refractivity contribution in [1.29, 1.82) is 0 Å². The summed E-state index contributed by atoms with van der Waals surface area (Å²) in [6.45, 7) is 4.24. The van der Waals surface area contributed by atoms with Crippen molar-refractivity contribution in [2.75, 3.05) is 7.05 Å². The topological polar surface area (TPSA) is 29.9 Å². The van der Waals surface area contributed by atoms with E-state index in [2.05, 4.69) is 42.5 Å². The molecule has 0 saturated heterocycles. The van der Waals surface area contributed by atoms with E-state index in [-0.39, 0.29) is 6.04 Å². The average Bonchev–Trinajstić information content (AvgIpc) is 2.66. The van der Waals surface area contributed by atoms with Crippen molar-refractivity contribution in [3.63, 3.8) is 0 Å². The van der Waals surface area contributed by atoms with Crippen molar-refractivity contribution in [1.82, 2.24) is 15.1 Å². The average molecular weight is 264 g/mol. The number of aryl methyl sites for hydroxylation is 3. The molecule has 0 aliphatic carbocycles. The highest BCUT2D eigenvalue weighted by Gasteiger charge is 2.19. The van der Waals surface area contributed by atoms with E-state index in [0.717, 1.165) is 5.69 Å². The molecular weight excluding hydrogens is 246 g/mol. The lowest BCUT2D eigenvalue weighted by Gasteiger charge is -2.18. The largest absolute Gasteiger partial charge is 0.308 e. The molecule has 0 amide bonds. The molecule has 0 aliphatic heterocycles. The van der Waals surface area contributed by atoms with Gasteiger partial charge in [-0.1, -0.05) is 29.8 Å². The summed E-state index contributed by atoms with van der Waals surface area (Å²) in [5, 5.41) is 8.19. The highest BCUT2D eigenvalue weighted by Crippen LogP contribution is 2.28. The Morgan fingerprint density at radius 2 is 2.00 bits per heavy atom. The lowest BCUT2D eigenvalue weighted by Crippen LogP contribution is -2.21. The summed E-state index contributed by atoms with van der Waals surface area (Å²) in [5.74, 6) is 0. The molecule has 1 aromatic carbocycles. The second-order valence-electron chi connectivity index (χ2n) is 4.57. The second-order valence-corrected chi connectivity index (χ2v) is 4.97. The molecule has 1 heterocycles. The zero-order valence-corrected chi connectivity index (χ0v) is 11.9. The lowest BCUT2D eigenvalue weighted by molar-refractivity contribution is 0.606. The molecule has 0 saturated carbocycles. The van der Waals surface area contributed by atoms with Crippen LogP contribution in [0, 0.1) is 13.8 Å². The minimum absolute atomic E-state index is 0.0595. The maximum Gasteiger partial charge on any atom is 0.0837 e. The second kappa shape index (κ2) is 5.12. The minimum Gasteiger partial charge on any atom is -0.308 e. The SMILES string of the molecule is CNC(c1ccc(C)c(C)c1)c1c(Cl)cnn1C. The molecule has 18 heavy (non-hydrogen) atoms. The Morgan fingerprint density at radius 1 is 1.28 bits per heavy atom. The third-order valence-electron chi connectivity index (χ3n) is 3.36. The first kappa shape index (κ1) is 13.1. The maximum absolute atomic E-state index is 6.22. The van der Waals surface area contributed by atoms with E-state index in [4.69, 9.17) is 11.6 Å². The smallest absolute Gasteiger partial charge is 0.0837 e. The van der Waals surface area contributed by atoms with Crippen molar-refractivity contribution in [3.8, 4) is 0 Å². The fraction of sp³-hybridized carbons (Fsp3) is 0.357. The van der Waals surface area contributed by atoms with Gasteiger partial charge in [-0.25, -0.2) is 0 Å². The molecule has 0 radical (unpaired) electrons. The van der Waals surface area contributed by atoms with Crippen molar-refractivity contribution in [2.45, 2.75) is 19.9 Å². The quantitative estimate of drug-likeness (QED) is 0.923. The van der Waals surface area contributed by atoms with Gasteiger partial charge in [0.05, 0.1) is 23.0 Å². The number of halogens is 1. The molecule has 1 atom stereocenters. The molecule has 0 bridgehead atoms. The van der Waals surface area contributed by atoms with Crippen LogP contribution in [0.1, 0.15) is 28.4 Å². The summed E-state index contributed by atoms with van der Waals surface area (Å²) in [5.41, 5.74) is 4.77. The summed E-state index contributed by atoms with van der Waals surface area (Å²) < 4.78 is 1.82. The first-order valence-corrected chi connectivity index (χ1v) is 6.34. The van der Waals surface area contributed by atoms with Crippen molar-refractivity contribution in [2.24, 2.45) is 7.05 Å². The van der Waals surface area contributed by atoms with Crippen LogP contribution >= 0.6 is 11.6 Å². The molecule has 4 heteroatoms. The Hall–Kier alpha value is -1.32. The van der Waals surface area contributed by atoms with E-state index in [1.165, 1.54) is 16.7 Å². The van der Waals surface area contributed by atoms with Crippen LogP contribution in [0.3, 0.4) is 0 Å². The zero-order chi connectivity index (χ0) is 13.3. The number of hydrogen-bond acceptors (Lipinski definition) is 2. The molecule has 1 N–H and O–H groups in total. The first-order valence-electron chi connectivity index (χ1n) is 5.96. The molecule has 96 valence electrons. The van der Waals surface area contributed by atoms with Crippen LogP contribution < -0.4 is 5.32 Å². The third-order valence-corrected chi connectivity index (χ3v) is 3.66. The summed E-state index contributed by atoms with van der Waals surface area (Å²) in [6, 6.07) is 6.52. The Morgan fingerprint density at radius 3 is 2.50 bits per heavy atom. The van der Waals surface area contributed by atoms with E-state index in [1.807, 2.05) is 18.8 Å². The summed E-state index contributed by atoms with van der Waals surface area (Å²) in [7, 11) is 3.84. The zero-order valence-electron chi connectivity index (χ0n) is 11.2. The highest BCUT2D eigenvalue weighted by molar-refractivity contribution is 6.31. The van der Waals surface area contributed by atoms with Crippen LogP contribution in [0.25, 0.3) is 0 Å². The van der Waals surface area contributed by atoms with Gasteiger partial charge in [0.1, 0.15) is 0 Å². The summed E-state index contributed by atoms with van der Waals surface area (Å²) in [6.07, 6.45) is 1.68. The lowest BCUT2D eigenvalue weighted by atomic mass is 9.99. The Balaban J connectivity index is 2.48. The molecule has 1 aromatic heterocycles. The van der Waals surface area contributed by atoms with Gasteiger partial charge in [0.2, 0.25) is 0 Å². The van der Waals surface area contributed by atoms with Crippen LogP contribution in [-0.4, -0.2) is 16.8 Å². The van der Waals surface area contributed by atoms with Crippen LogP contribution in [0.15, 0.2) is 24.4 Å². The fourth-order valence-corrected chi connectivity index (χ4v) is 2.43. The van der Waals surface area contributed by atoms with Gasteiger partial charge >= 0.3 is 0 Å². The highest BCUT2D eigenvalue weighted by atomic mass is 35.5. The minimum atomic E-state index is 0.0595. The van der Waals surface area contributed by atoms with Crippen molar-refractivity contribution in [3.05, 3.63) is 51.8 Å². The Kier molecular flexibility index (Phi) is 3.73. The number of aromatic nitrogens is 2. The molecule has 0 aliphatic rings. The molecule has 0 spiro atoms. The number of benzene rings is 1. The van der Waals surface area contributed by atoms with Crippen LogP contribution in [0.2, 0.25) is 5.02 Å². The molecule has 2 aromatic rings. The van der Waals surface area contributed by atoms with Gasteiger partial charge in [-0.2, -0.15) is 5.10 Å². The van der Waals surface area contributed by atoms with Gasteiger partial charge in [-0.15, -0.1) is 0 Å². The normalized spacial score (nSPS) is 12.7. The molecular formula is C14H18ClN3. The number of hydrogen-bond donors (Lipinski definition) is 1. The van der Waals surface area contributed by atoms with Crippen LogP contribution in [0.5, 0.6) is 0 Å². The van der Waals surface area contributed by atoms with Gasteiger partial charge in [-0.05, 0) is 37.6 Å². The van der Waals surface area contributed by atoms with E-state index in [1.54, 1.807) is 6.20 Å². The predicted octanol–water partition coefficient (Wildman–Crippen LogP) is 3.00. The van der Waals surface area contributed by atoms with Crippen molar-refractivity contribution >= 4 is 11.6 Å². The predicted molar refractivity (Wildman–Crippen MR) is 75.0 cm³/mol. The summed E-state index contributed by atoms with van der Waals surface area (Å²) >= 11 is 6.22. The monoisotopic (exact) mass is 263 g/mol. The standard InChI is InChI=1S/C14H18ClN3/c1-9-5-6-11(7-10(9)2)13(16-3)14-12(15)8-17-18(14)4/h5-8,13,16H,1-4H3. The van der Waals surface area contributed by atoms with E-state index in [0.29, 0.717) is 5.02 Å². The van der Waals surface area contributed by atoms with Gasteiger partial charge in [0.15, 0.2) is 0 Å². The third kappa shape index (κ3) is 2.28. The van der Waals surface area contributed by atoms with Gasteiger partial charge in [0, 0.05) is 7.05 Å². The van der Waals surface area contributed by atoms with Gasteiger partial charge < -0.3 is 5.32 Å². The Labute approximate surface area is 113 Å². The van der Waals surface area contributed by atoms with Crippen LogP contribution in [0.4, 0.5) is 0 Å². The first-order chi connectivity index (χ1) is 8.54. The number of rotatable bonds is 3. The number of nitrogens with one attached hydrogen (secondary N) is 1. The maximum atomic E-state index is 6.22. The van der Waals surface area contributed by atoms with E-state index < -0.39 is 0 Å². The van der Waals surface area contributed by atoms with Crippen LogP contribution in [-0.2, 0) is 7.05 Å². The summed E-state index contributed by atoms with van der Waals surface area (Å²) in [4.78, 5) is 0. The fourth-order valence-electron chi connectivity index (χ4n) is 2.15. The van der Waals surface area contributed by atoms with Crippen molar-refractivity contribution < 1.29 is 0 Å². The van der Waals surface area contributed by atoms with E-state index >= 15 is 0 Å². The number of nitrogens with zero attached hydrogens (tertiary/aromatic N) is 2. The van der Waals surface area contributed by atoms with E-state index in [9.17, 15) is 0 Å². The molecule has 2 rings (SSSR count). The Bertz CT molecular complexity index is 541.